The van der Waals surface area contributed by atoms with Crippen LogP contribution in [0.2, 0.25) is 0 Å². The molecule has 0 aromatic heterocycles. The second kappa shape index (κ2) is 10.6. The fourth-order valence-corrected chi connectivity index (χ4v) is 4.09. The van der Waals surface area contributed by atoms with E-state index in [0.717, 1.165) is 23.9 Å². The van der Waals surface area contributed by atoms with Gasteiger partial charge >= 0.3 is 12.1 Å². The second-order valence-electron chi connectivity index (χ2n) is 7.16. The molecular weight excluding hydrogens is 475 g/mol. The van der Waals surface area contributed by atoms with Crippen LogP contribution in [0.15, 0.2) is 47.4 Å². The van der Waals surface area contributed by atoms with Gasteiger partial charge in [-0.1, -0.05) is 6.07 Å². The summed E-state index contributed by atoms with van der Waals surface area (Å²) in [5, 5.41) is 6.59. The van der Waals surface area contributed by atoms with Crippen molar-refractivity contribution in [3.8, 4) is 0 Å². The Morgan fingerprint density at radius 1 is 1.15 bits per heavy atom. The average molecular weight is 495 g/mol. The molecule has 1 aliphatic heterocycles. The van der Waals surface area contributed by atoms with Crippen LogP contribution in [-0.4, -0.2) is 42.1 Å². The monoisotopic (exact) mass is 495 g/mol. The molecule has 180 valence electrons. The summed E-state index contributed by atoms with van der Waals surface area (Å²) < 4.78 is 43.5. The van der Waals surface area contributed by atoms with Crippen molar-refractivity contribution in [1.29, 1.82) is 0 Å². The van der Waals surface area contributed by atoms with Gasteiger partial charge in [0.05, 0.1) is 22.9 Å². The molecule has 0 fully saturated rings. The number of halogens is 3. The zero-order valence-corrected chi connectivity index (χ0v) is 18.6. The van der Waals surface area contributed by atoms with Crippen LogP contribution >= 0.6 is 11.8 Å². The molecule has 0 bridgehead atoms. The summed E-state index contributed by atoms with van der Waals surface area (Å²) in [5.74, 6) is -2.41. The van der Waals surface area contributed by atoms with Crippen molar-refractivity contribution < 1.29 is 37.1 Å². The highest BCUT2D eigenvalue weighted by Gasteiger charge is 2.34. The van der Waals surface area contributed by atoms with E-state index in [1.165, 1.54) is 12.1 Å². The highest BCUT2D eigenvalue weighted by molar-refractivity contribution is 8.01. The van der Waals surface area contributed by atoms with Gasteiger partial charge in [0.2, 0.25) is 5.91 Å². The van der Waals surface area contributed by atoms with Crippen LogP contribution in [0.4, 0.5) is 24.5 Å². The van der Waals surface area contributed by atoms with Crippen molar-refractivity contribution in [2.45, 2.75) is 29.7 Å². The number of carbonyl (C=O) groups excluding carboxylic acids is 4. The standard InChI is InChI=1S/C22H20F3N3O5S/c1-2-26-20(31)12-4-3-5-14(8-12)27-18(29)11-33-19(30)10-17-21(32)28-15-9-13(22(23,24)25)6-7-16(15)34-17/h3-9,17H,2,10-11H2,1H3,(H,26,31)(H,27,29)(H,28,32). The first kappa shape index (κ1) is 25.1. The Bertz CT molecular complexity index is 1120. The Kier molecular flexibility index (Phi) is 7.82. The van der Waals surface area contributed by atoms with Gasteiger partial charge in [0, 0.05) is 22.7 Å². The van der Waals surface area contributed by atoms with Gasteiger partial charge < -0.3 is 20.7 Å². The van der Waals surface area contributed by atoms with E-state index < -0.39 is 41.4 Å². The van der Waals surface area contributed by atoms with Crippen molar-refractivity contribution >= 4 is 46.8 Å². The van der Waals surface area contributed by atoms with Crippen molar-refractivity contribution in [1.82, 2.24) is 5.32 Å². The average Bonchev–Trinajstić information content (AvgIpc) is 2.77. The molecule has 34 heavy (non-hydrogen) atoms. The fraction of sp³-hybridized carbons (Fsp3) is 0.273. The van der Waals surface area contributed by atoms with E-state index in [4.69, 9.17) is 4.74 Å². The van der Waals surface area contributed by atoms with Crippen LogP contribution in [0.1, 0.15) is 29.3 Å². The molecule has 3 amide bonds. The maximum atomic E-state index is 12.8. The highest BCUT2D eigenvalue weighted by atomic mass is 32.2. The quantitative estimate of drug-likeness (QED) is 0.507. The summed E-state index contributed by atoms with van der Waals surface area (Å²) in [6.07, 6.45) is -4.92. The third kappa shape index (κ3) is 6.50. The number of thioether (sulfide) groups is 1. The van der Waals surface area contributed by atoms with E-state index in [0.29, 0.717) is 22.7 Å². The minimum atomic E-state index is -4.55. The third-order valence-electron chi connectivity index (χ3n) is 4.59. The summed E-state index contributed by atoms with van der Waals surface area (Å²) >= 11 is 0.939. The highest BCUT2D eigenvalue weighted by Crippen LogP contribution is 2.40. The first-order chi connectivity index (χ1) is 16.1. The number of ether oxygens (including phenoxy) is 1. The number of alkyl halides is 3. The number of benzene rings is 2. The Labute approximate surface area is 196 Å². The van der Waals surface area contributed by atoms with Gasteiger partial charge in [-0.2, -0.15) is 13.2 Å². The van der Waals surface area contributed by atoms with Crippen molar-refractivity contribution in [3.05, 3.63) is 53.6 Å². The van der Waals surface area contributed by atoms with E-state index in [9.17, 15) is 32.3 Å². The molecule has 1 unspecified atom stereocenters. The molecule has 0 radical (unpaired) electrons. The van der Waals surface area contributed by atoms with Crippen LogP contribution in [0.25, 0.3) is 0 Å². The van der Waals surface area contributed by atoms with Crippen molar-refractivity contribution in [2.24, 2.45) is 0 Å². The Hall–Kier alpha value is -3.54. The normalized spacial score (nSPS) is 15.1. The maximum Gasteiger partial charge on any atom is 0.416 e. The molecular formula is C22H20F3N3O5S. The predicted octanol–water partition coefficient (Wildman–Crippen LogP) is 3.44. The topological polar surface area (TPSA) is 114 Å². The predicted molar refractivity (Wildman–Crippen MR) is 118 cm³/mol. The van der Waals surface area contributed by atoms with Gasteiger partial charge in [-0.25, -0.2) is 0 Å². The Balaban J connectivity index is 1.51. The zero-order chi connectivity index (χ0) is 24.9. The lowest BCUT2D eigenvalue weighted by Crippen LogP contribution is -2.32. The van der Waals surface area contributed by atoms with E-state index in [1.54, 1.807) is 25.1 Å². The van der Waals surface area contributed by atoms with Crippen molar-refractivity contribution in [2.75, 3.05) is 23.8 Å². The van der Waals surface area contributed by atoms with Gasteiger partial charge in [-0.3, -0.25) is 19.2 Å². The molecule has 0 saturated heterocycles. The first-order valence-corrected chi connectivity index (χ1v) is 11.0. The molecule has 12 heteroatoms. The van der Waals surface area contributed by atoms with Crippen LogP contribution in [0.5, 0.6) is 0 Å². The van der Waals surface area contributed by atoms with Gasteiger partial charge in [0.15, 0.2) is 6.61 Å². The van der Waals surface area contributed by atoms with E-state index >= 15 is 0 Å². The van der Waals surface area contributed by atoms with Gasteiger partial charge in [0.1, 0.15) is 0 Å². The first-order valence-electron chi connectivity index (χ1n) is 10.1. The molecule has 2 aromatic carbocycles. The largest absolute Gasteiger partial charge is 0.456 e. The summed E-state index contributed by atoms with van der Waals surface area (Å²) in [6, 6.07) is 9.14. The molecule has 1 atom stereocenters. The molecule has 1 heterocycles. The smallest absolute Gasteiger partial charge is 0.416 e. The maximum absolute atomic E-state index is 12.8. The molecule has 0 saturated carbocycles. The number of hydrogen-bond donors (Lipinski definition) is 3. The molecule has 0 spiro atoms. The molecule has 3 N–H and O–H groups in total. The number of rotatable bonds is 7. The zero-order valence-electron chi connectivity index (χ0n) is 17.8. The lowest BCUT2D eigenvalue weighted by molar-refractivity contribution is -0.147. The lowest BCUT2D eigenvalue weighted by Gasteiger charge is -2.24. The summed E-state index contributed by atoms with van der Waals surface area (Å²) in [5.41, 5.74) is -0.197. The minimum Gasteiger partial charge on any atom is -0.456 e. The molecule has 1 aliphatic rings. The number of anilines is 2. The molecule has 2 aromatic rings. The number of fused-ring (bicyclic) bond motifs is 1. The van der Waals surface area contributed by atoms with Gasteiger partial charge in [-0.15, -0.1) is 11.8 Å². The minimum absolute atomic E-state index is 0.0173. The van der Waals surface area contributed by atoms with Crippen LogP contribution in [-0.2, 0) is 25.3 Å². The van der Waals surface area contributed by atoms with Crippen molar-refractivity contribution in [3.63, 3.8) is 0 Å². The number of hydrogen-bond acceptors (Lipinski definition) is 6. The number of amides is 3. The summed E-state index contributed by atoms with van der Waals surface area (Å²) in [7, 11) is 0. The lowest BCUT2D eigenvalue weighted by atomic mass is 10.1. The molecule has 3 rings (SSSR count). The van der Waals surface area contributed by atoms with Gasteiger partial charge in [0.25, 0.3) is 11.8 Å². The van der Waals surface area contributed by atoms with Gasteiger partial charge in [-0.05, 0) is 43.3 Å². The summed E-state index contributed by atoms with van der Waals surface area (Å²) in [6.45, 7) is 1.60. The van der Waals surface area contributed by atoms with Crippen LogP contribution < -0.4 is 16.0 Å². The van der Waals surface area contributed by atoms with Crippen LogP contribution in [0, 0.1) is 0 Å². The third-order valence-corrected chi connectivity index (χ3v) is 5.86. The van der Waals surface area contributed by atoms with E-state index in [2.05, 4.69) is 16.0 Å². The Morgan fingerprint density at radius 3 is 2.62 bits per heavy atom. The van der Waals surface area contributed by atoms with E-state index in [1.807, 2.05) is 0 Å². The molecule has 0 aliphatic carbocycles. The number of esters is 1. The number of nitrogens with one attached hydrogen (secondary N) is 3. The van der Waals surface area contributed by atoms with E-state index in [-0.39, 0.29) is 18.0 Å². The van der Waals surface area contributed by atoms with Crippen LogP contribution in [0.3, 0.4) is 0 Å². The SMILES string of the molecule is CCNC(=O)c1cccc(NC(=O)COC(=O)CC2Sc3ccc(C(F)(F)F)cc3NC2=O)c1. The molecule has 8 nitrogen and oxygen atoms in total. The fourth-order valence-electron chi connectivity index (χ4n) is 3.02. The number of carbonyl (C=O) groups is 4. The second-order valence-corrected chi connectivity index (χ2v) is 8.40. The summed E-state index contributed by atoms with van der Waals surface area (Å²) in [4.78, 5) is 48.7. The Morgan fingerprint density at radius 2 is 1.91 bits per heavy atom.